The summed E-state index contributed by atoms with van der Waals surface area (Å²) in [6.07, 6.45) is 3.12. The number of aromatic nitrogens is 2. The molecule has 0 aliphatic carbocycles. The number of carbonyl (C=O) groups is 3. The Morgan fingerprint density at radius 3 is 2.50 bits per heavy atom. The lowest BCUT2D eigenvalue weighted by Gasteiger charge is -2.30. The number of hydrogen-bond donors (Lipinski definition) is 2. The molecule has 2 fully saturated rings. The molecule has 0 unspecified atom stereocenters. The Morgan fingerprint density at radius 1 is 1.19 bits per heavy atom. The summed E-state index contributed by atoms with van der Waals surface area (Å²) < 4.78 is 11.9. The molecule has 32 heavy (non-hydrogen) atoms. The molecule has 2 aromatic rings. The average molecular weight is 456 g/mol. The number of ether oxygens (including phenoxy) is 2. The van der Waals surface area contributed by atoms with Crippen molar-refractivity contribution < 1.29 is 29.0 Å². The third-order valence-corrected chi connectivity index (χ3v) is 5.83. The van der Waals surface area contributed by atoms with Crippen LogP contribution >= 0.6 is 11.8 Å². The van der Waals surface area contributed by atoms with Crippen LogP contribution in [0.2, 0.25) is 0 Å². The van der Waals surface area contributed by atoms with E-state index in [0.29, 0.717) is 53.9 Å². The first-order chi connectivity index (χ1) is 15.4. The fourth-order valence-electron chi connectivity index (χ4n) is 3.28. The molecule has 0 bridgehead atoms. The number of thioether (sulfide) groups is 1. The molecule has 0 radical (unpaired) electrons. The highest BCUT2D eigenvalue weighted by molar-refractivity contribution is 8.18. The maximum atomic E-state index is 11.7. The zero-order chi connectivity index (χ0) is 22.7. The monoisotopic (exact) mass is 456 g/mol. The van der Waals surface area contributed by atoms with Crippen molar-refractivity contribution in [2.75, 3.05) is 13.1 Å². The Labute approximate surface area is 187 Å². The molecule has 10 nitrogen and oxygen atoms in total. The Hall–Kier alpha value is -3.60. The number of piperidine rings is 1. The summed E-state index contributed by atoms with van der Waals surface area (Å²) in [6.45, 7) is 2.64. The van der Waals surface area contributed by atoms with E-state index in [0.717, 1.165) is 17.3 Å². The predicted octanol–water partition coefficient (Wildman–Crippen LogP) is 3.42. The van der Waals surface area contributed by atoms with Gasteiger partial charge in [-0.1, -0.05) is 12.1 Å². The van der Waals surface area contributed by atoms with Crippen molar-refractivity contribution in [3.05, 3.63) is 46.6 Å². The normalized spacial score (nSPS) is 18.0. The summed E-state index contributed by atoms with van der Waals surface area (Å²) in [6, 6.07) is 7.00. The van der Waals surface area contributed by atoms with Gasteiger partial charge in [-0.05, 0) is 42.5 Å². The van der Waals surface area contributed by atoms with Gasteiger partial charge in [0.1, 0.15) is 18.2 Å². The second-order valence-electron chi connectivity index (χ2n) is 7.22. The largest absolute Gasteiger partial charge is 0.474 e. The highest BCUT2D eigenvalue weighted by Crippen LogP contribution is 2.30. The molecular formula is C21H20N4O6S. The van der Waals surface area contributed by atoms with E-state index in [9.17, 15) is 14.4 Å². The van der Waals surface area contributed by atoms with Crippen LogP contribution in [0.25, 0.3) is 6.08 Å². The van der Waals surface area contributed by atoms with Crippen molar-refractivity contribution in [3.63, 3.8) is 0 Å². The number of nitrogens with zero attached hydrogens (tertiary/aromatic N) is 3. The fraction of sp³-hybridized carbons (Fsp3) is 0.286. The molecule has 2 saturated heterocycles. The van der Waals surface area contributed by atoms with Gasteiger partial charge in [0.2, 0.25) is 11.8 Å². The van der Waals surface area contributed by atoms with E-state index in [1.807, 2.05) is 0 Å². The molecule has 3 heterocycles. The zero-order valence-corrected chi connectivity index (χ0v) is 17.9. The van der Waals surface area contributed by atoms with Crippen molar-refractivity contribution in [1.82, 2.24) is 20.2 Å². The molecule has 2 N–H and O–H groups in total. The Morgan fingerprint density at radius 2 is 1.88 bits per heavy atom. The van der Waals surface area contributed by atoms with Gasteiger partial charge >= 0.3 is 6.09 Å². The number of hydrogen-bond acceptors (Lipinski definition) is 8. The molecule has 0 saturated carbocycles. The lowest BCUT2D eigenvalue weighted by atomic mass is 10.1. The fourth-order valence-corrected chi connectivity index (χ4v) is 3.96. The van der Waals surface area contributed by atoms with Crippen LogP contribution in [0.3, 0.4) is 0 Å². The highest BCUT2D eigenvalue weighted by Gasteiger charge is 2.26. The summed E-state index contributed by atoms with van der Waals surface area (Å²) in [5.41, 5.74) is 1.39. The number of amides is 3. The molecule has 2 aliphatic heterocycles. The zero-order valence-electron chi connectivity index (χ0n) is 17.1. The van der Waals surface area contributed by atoms with Crippen LogP contribution in [0, 0.1) is 6.92 Å². The van der Waals surface area contributed by atoms with Crippen LogP contribution < -0.4 is 14.8 Å². The number of imide groups is 1. The quantitative estimate of drug-likeness (QED) is 0.650. The van der Waals surface area contributed by atoms with Gasteiger partial charge in [-0.25, -0.2) is 14.8 Å². The van der Waals surface area contributed by atoms with Crippen LogP contribution in [0.15, 0.2) is 35.5 Å². The summed E-state index contributed by atoms with van der Waals surface area (Å²) in [5, 5.41) is 10.9. The van der Waals surface area contributed by atoms with E-state index in [2.05, 4.69) is 15.3 Å². The van der Waals surface area contributed by atoms with Gasteiger partial charge in [-0.2, -0.15) is 0 Å². The minimum Gasteiger partial charge on any atom is -0.474 e. The van der Waals surface area contributed by atoms with Gasteiger partial charge in [0.15, 0.2) is 0 Å². The van der Waals surface area contributed by atoms with Gasteiger partial charge in [0.05, 0.1) is 10.5 Å². The third kappa shape index (κ3) is 4.99. The molecule has 2 aliphatic rings. The van der Waals surface area contributed by atoms with E-state index in [4.69, 9.17) is 14.6 Å². The number of nitrogens with one attached hydrogen (secondary N) is 1. The van der Waals surface area contributed by atoms with Crippen molar-refractivity contribution in [3.8, 4) is 17.5 Å². The predicted molar refractivity (Wildman–Crippen MR) is 116 cm³/mol. The maximum absolute atomic E-state index is 11.7. The van der Waals surface area contributed by atoms with Crippen molar-refractivity contribution >= 4 is 35.1 Å². The smallest absolute Gasteiger partial charge is 0.407 e. The minimum atomic E-state index is -0.918. The SMILES string of the molecule is Cc1c(Oc2ccc(C=C3SC(=O)NC3=O)cc2)ncnc1OC1CCN(C(=O)O)CC1. The first-order valence-corrected chi connectivity index (χ1v) is 10.7. The Bertz CT molecular complexity index is 1080. The van der Waals surface area contributed by atoms with Crippen LogP contribution in [0.5, 0.6) is 17.5 Å². The molecule has 0 spiro atoms. The van der Waals surface area contributed by atoms with Gasteiger partial charge in [-0.3, -0.25) is 14.9 Å². The molecule has 1 aromatic heterocycles. The minimum absolute atomic E-state index is 0.128. The molecule has 1 aromatic carbocycles. The number of carbonyl (C=O) groups excluding carboxylic acids is 2. The van der Waals surface area contributed by atoms with E-state index < -0.39 is 12.0 Å². The van der Waals surface area contributed by atoms with Crippen LogP contribution in [0.4, 0.5) is 9.59 Å². The third-order valence-electron chi connectivity index (χ3n) is 5.02. The Balaban J connectivity index is 1.41. The summed E-state index contributed by atoms with van der Waals surface area (Å²) in [4.78, 5) is 44.0. The molecule has 11 heteroatoms. The molecule has 166 valence electrons. The maximum Gasteiger partial charge on any atom is 0.407 e. The number of carboxylic acid groups (broad SMARTS) is 1. The summed E-state index contributed by atoms with van der Waals surface area (Å²) in [5.74, 6) is 0.881. The van der Waals surface area contributed by atoms with Crippen LogP contribution in [-0.4, -0.2) is 56.4 Å². The highest BCUT2D eigenvalue weighted by atomic mass is 32.2. The lowest BCUT2D eigenvalue weighted by molar-refractivity contribution is -0.115. The van der Waals surface area contributed by atoms with Crippen LogP contribution in [-0.2, 0) is 4.79 Å². The summed E-state index contributed by atoms with van der Waals surface area (Å²) >= 11 is 0.862. The van der Waals surface area contributed by atoms with E-state index >= 15 is 0 Å². The molecule has 4 rings (SSSR count). The topological polar surface area (TPSA) is 131 Å². The van der Waals surface area contributed by atoms with Gasteiger partial charge < -0.3 is 19.5 Å². The van der Waals surface area contributed by atoms with Gasteiger partial charge in [-0.15, -0.1) is 0 Å². The van der Waals surface area contributed by atoms with Gasteiger partial charge in [0, 0.05) is 25.9 Å². The first kappa shape index (κ1) is 21.6. The number of likely N-dealkylation sites (tertiary alicyclic amines) is 1. The first-order valence-electron chi connectivity index (χ1n) is 9.88. The van der Waals surface area contributed by atoms with E-state index in [-0.39, 0.29) is 11.3 Å². The van der Waals surface area contributed by atoms with Crippen molar-refractivity contribution in [2.45, 2.75) is 25.9 Å². The average Bonchev–Trinajstić information content (AvgIpc) is 3.09. The summed E-state index contributed by atoms with van der Waals surface area (Å²) in [7, 11) is 0. The second-order valence-corrected chi connectivity index (χ2v) is 8.23. The van der Waals surface area contributed by atoms with Gasteiger partial charge in [0.25, 0.3) is 11.1 Å². The van der Waals surface area contributed by atoms with Crippen molar-refractivity contribution in [1.29, 1.82) is 0 Å². The Kier molecular flexibility index (Phi) is 6.26. The lowest BCUT2D eigenvalue weighted by Crippen LogP contribution is -2.41. The standard InChI is InChI=1S/C21H20N4O6S/c1-12-18(22-11-23-19(12)31-15-6-8-25(9-7-15)21(28)29)30-14-4-2-13(3-5-14)10-16-17(26)24-20(27)32-16/h2-5,10-11,15H,6-9H2,1H3,(H,28,29)(H,24,26,27). The van der Waals surface area contributed by atoms with Crippen LogP contribution in [0.1, 0.15) is 24.0 Å². The number of benzene rings is 1. The van der Waals surface area contributed by atoms with E-state index in [1.54, 1.807) is 37.3 Å². The van der Waals surface area contributed by atoms with Crippen molar-refractivity contribution in [2.24, 2.45) is 0 Å². The molecular weight excluding hydrogens is 436 g/mol. The molecule has 3 amide bonds. The molecule has 0 atom stereocenters. The second kappa shape index (κ2) is 9.27. The number of rotatable bonds is 5. The van der Waals surface area contributed by atoms with E-state index in [1.165, 1.54) is 11.2 Å².